The largest absolute Gasteiger partial charge is 0.447 e. The van der Waals surface area contributed by atoms with Crippen molar-refractivity contribution in [1.82, 2.24) is 10.6 Å². The summed E-state index contributed by atoms with van der Waals surface area (Å²) in [6.07, 6.45) is -1.23. The van der Waals surface area contributed by atoms with Crippen molar-refractivity contribution in [1.29, 1.82) is 0 Å². The topological polar surface area (TPSA) is 84.5 Å². The fourth-order valence-electron chi connectivity index (χ4n) is 2.37. The van der Waals surface area contributed by atoms with E-state index in [0.717, 1.165) is 5.56 Å². The van der Waals surface area contributed by atoms with Crippen LogP contribution >= 0.6 is 0 Å². The zero-order chi connectivity index (χ0) is 19.2. The van der Waals surface area contributed by atoms with Gasteiger partial charge in [0.25, 0.3) is 5.91 Å². The van der Waals surface area contributed by atoms with Crippen LogP contribution in [-0.2, 0) is 19.7 Å². The molecule has 0 fully saturated rings. The second-order valence-corrected chi connectivity index (χ2v) is 6.26. The van der Waals surface area contributed by atoms with Crippen LogP contribution in [-0.4, -0.2) is 25.0 Å². The molecule has 136 valence electrons. The summed E-state index contributed by atoms with van der Waals surface area (Å²) < 4.78 is 5.53. The Hall–Kier alpha value is -3.15. The molecule has 6 heteroatoms. The Kier molecular flexibility index (Phi) is 6.11. The van der Waals surface area contributed by atoms with Crippen LogP contribution in [0.5, 0.6) is 0 Å². The summed E-state index contributed by atoms with van der Waals surface area (Å²) in [6.45, 7) is 3.45. The van der Waals surface area contributed by atoms with Crippen molar-refractivity contribution in [3.05, 3.63) is 71.8 Å². The van der Waals surface area contributed by atoms with E-state index in [0.29, 0.717) is 5.56 Å². The lowest BCUT2D eigenvalue weighted by atomic mass is 9.85. The van der Waals surface area contributed by atoms with Gasteiger partial charge in [-0.05, 0) is 19.4 Å². The van der Waals surface area contributed by atoms with Crippen LogP contribution in [0, 0.1) is 0 Å². The Morgan fingerprint density at radius 3 is 2.00 bits per heavy atom. The van der Waals surface area contributed by atoms with Gasteiger partial charge in [-0.3, -0.25) is 14.9 Å². The van der Waals surface area contributed by atoms with Crippen LogP contribution in [0.15, 0.2) is 60.7 Å². The maximum atomic E-state index is 12.8. The van der Waals surface area contributed by atoms with Crippen molar-refractivity contribution in [3.8, 4) is 0 Å². The SMILES string of the molecule is CNC(=O)NC(=O)[C@H](OC(=O)C(C)(C)c1ccccc1)c1ccccc1. The minimum absolute atomic E-state index is 0.478. The third-order valence-electron chi connectivity index (χ3n) is 4.03. The monoisotopic (exact) mass is 354 g/mol. The number of nitrogens with one attached hydrogen (secondary N) is 2. The van der Waals surface area contributed by atoms with E-state index >= 15 is 0 Å². The Morgan fingerprint density at radius 1 is 0.923 bits per heavy atom. The predicted octanol–water partition coefficient (Wildman–Crippen LogP) is 2.70. The number of ether oxygens (including phenoxy) is 1. The number of imide groups is 1. The number of amides is 3. The summed E-state index contributed by atoms with van der Waals surface area (Å²) in [4.78, 5) is 36.7. The van der Waals surface area contributed by atoms with Gasteiger partial charge < -0.3 is 10.1 Å². The number of urea groups is 1. The van der Waals surface area contributed by atoms with Crippen LogP contribution in [0.4, 0.5) is 4.79 Å². The zero-order valence-electron chi connectivity index (χ0n) is 15.0. The first-order chi connectivity index (χ1) is 12.4. The van der Waals surface area contributed by atoms with Crippen LogP contribution in [0.1, 0.15) is 31.1 Å². The first kappa shape index (κ1) is 19.2. The van der Waals surface area contributed by atoms with Gasteiger partial charge in [-0.25, -0.2) is 4.79 Å². The molecule has 0 saturated carbocycles. The maximum absolute atomic E-state index is 12.8. The van der Waals surface area contributed by atoms with Gasteiger partial charge in [0.15, 0.2) is 0 Å². The predicted molar refractivity (Wildman–Crippen MR) is 97.3 cm³/mol. The summed E-state index contributed by atoms with van der Waals surface area (Å²) in [5.41, 5.74) is 0.288. The molecule has 2 N–H and O–H groups in total. The molecule has 0 aliphatic heterocycles. The molecule has 0 aromatic heterocycles. The number of hydrogen-bond donors (Lipinski definition) is 2. The van der Waals surface area contributed by atoms with Gasteiger partial charge in [0.1, 0.15) is 0 Å². The first-order valence-corrected chi connectivity index (χ1v) is 8.20. The third-order valence-corrected chi connectivity index (χ3v) is 4.03. The minimum Gasteiger partial charge on any atom is -0.447 e. The molecule has 1 atom stereocenters. The fourth-order valence-corrected chi connectivity index (χ4v) is 2.37. The zero-order valence-corrected chi connectivity index (χ0v) is 15.0. The number of rotatable bonds is 5. The highest BCUT2D eigenvalue weighted by Gasteiger charge is 2.36. The molecule has 0 bridgehead atoms. The van der Waals surface area contributed by atoms with E-state index in [9.17, 15) is 14.4 Å². The van der Waals surface area contributed by atoms with E-state index in [1.807, 2.05) is 30.3 Å². The van der Waals surface area contributed by atoms with E-state index in [1.54, 1.807) is 44.2 Å². The number of carbonyl (C=O) groups is 3. The molecule has 26 heavy (non-hydrogen) atoms. The molecule has 6 nitrogen and oxygen atoms in total. The third kappa shape index (κ3) is 4.47. The van der Waals surface area contributed by atoms with Gasteiger partial charge in [0.2, 0.25) is 6.10 Å². The first-order valence-electron chi connectivity index (χ1n) is 8.20. The Bertz CT molecular complexity index is 773. The smallest absolute Gasteiger partial charge is 0.321 e. The average Bonchev–Trinajstić information content (AvgIpc) is 2.66. The second-order valence-electron chi connectivity index (χ2n) is 6.26. The van der Waals surface area contributed by atoms with Crippen molar-refractivity contribution in [2.75, 3.05) is 7.05 Å². The van der Waals surface area contributed by atoms with E-state index in [1.165, 1.54) is 7.05 Å². The highest BCUT2D eigenvalue weighted by atomic mass is 16.5. The lowest BCUT2D eigenvalue weighted by molar-refractivity contribution is -0.160. The summed E-state index contributed by atoms with van der Waals surface area (Å²) in [5, 5.41) is 4.46. The van der Waals surface area contributed by atoms with Crippen LogP contribution in [0.2, 0.25) is 0 Å². The molecular weight excluding hydrogens is 332 g/mol. The Labute approximate surface area is 152 Å². The molecule has 2 aromatic carbocycles. The summed E-state index contributed by atoms with van der Waals surface area (Å²) in [6, 6.07) is 17.1. The van der Waals surface area contributed by atoms with E-state index in [-0.39, 0.29) is 0 Å². The standard InChI is InChI=1S/C20H22N2O4/c1-20(2,15-12-8-5-9-13-15)18(24)26-16(14-10-6-4-7-11-14)17(23)22-19(25)21-3/h4-13,16H,1-3H3,(H2,21,22,23,25)/t16-/m1/s1. The molecule has 0 aliphatic rings. The molecule has 2 rings (SSSR count). The molecule has 0 unspecified atom stereocenters. The van der Waals surface area contributed by atoms with Crippen molar-refractivity contribution in [3.63, 3.8) is 0 Å². The normalized spacial score (nSPS) is 12.0. The van der Waals surface area contributed by atoms with Crippen LogP contribution < -0.4 is 10.6 Å². The van der Waals surface area contributed by atoms with Crippen molar-refractivity contribution in [2.24, 2.45) is 0 Å². The summed E-state index contributed by atoms with van der Waals surface area (Å²) in [7, 11) is 1.39. The lowest BCUT2D eigenvalue weighted by Crippen LogP contribution is -2.42. The molecule has 0 spiro atoms. The molecule has 0 aliphatic carbocycles. The Balaban J connectivity index is 2.27. The quantitative estimate of drug-likeness (QED) is 0.809. The highest BCUT2D eigenvalue weighted by Crippen LogP contribution is 2.28. The number of hydrogen-bond acceptors (Lipinski definition) is 4. The highest BCUT2D eigenvalue weighted by molar-refractivity contribution is 5.98. The molecular formula is C20H22N2O4. The minimum atomic E-state index is -1.23. The number of esters is 1. The van der Waals surface area contributed by atoms with Gasteiger partial charge in [-0.2, -0.15) is 0 Å². The molecule has 0 radical (unpaired) electrons. The van der Waals surface area contributed by atoms with Gasteiger partial charge in [0, 0.05) is 12.6 Å². The second kappa shape index (κ2) is 8.29. The van der Waals surface area contributed by atoms with E-state index < -0.39 is 29.4 Å². The van der Waals surface area contributed by atoms with Gasteiger partial charge in [-0.1, -0.05) is 60.7 Å². The molecule has 2 aromatic rings. The van der Waals surface area contributed by atoms with Gasteiger partial charge in [-0.15, -0.1) is 0 Å². The van der Waals surface area contributed by atoms with Gasteiger partial charge in [0.05, 0.1) is 5.41 Å². The van der Waals surface area contributed by atoms with Crippen molar-refractivity contribution >= 4 is 17.9 Å². The molecule has 0 saturated heterocycles. The van der Waals surface area contributed by atoms with Crippen molar-refractivity contribution < 1.29 is 19.1 Å². The van der Waals surface area contributed by atoms with Crippen molar-refractivity contribution in [2.45, 2.75) is 25.4 Å². The fraction of sp³-hybridized carbons (Fsp3) is 0.250. The van der Waals surface area contributed by atoms with Crippen LogP contribution in [0.25, 0.3) is 0 Å². The average molecular weight is 354 g/mol. The summed E-state index contributed by atoms with van der Waals surface area (Å²) >= 11 is 0. The van der Waals surface area contributed by atoms with Crippen LogP contribution in [0.3, 0.4) is 0 Å². The summed E-state index contributed by atoms with van der Waals surface area (Å²) in [5.74, 6) is -1.28. The van der Waals surface area contributed by atoms with E-state index in [4.69, 9.17) is 4.74 Å². The molecule has 0 heterocycles. The lowest BCUT2D eigenvalue weighted by Gasteiger charge is -2.26. The molecule has 3 amide bonds. The Morgan fingerprint density at radius 2 is 1.46 bits per heavy atom. The number of carbonyl (C=O) groups excluding carboxylic acids is 3. The number of benzene rings is 2. The maximum Gasteiger partial charge on any atom is 0.321 e. The van der Waals surface area contributed by atoms with E-state index in [2.05, 4.69) is 10.6 Å². The van der Waals surface area contributed by atoms with Gasteiger partial charge >= 0.3 is 12.0 Å².